The number of nitrogens with zero attached hydrogens (tertiary/aromatic N) is 3. The van der Waals surface area contributed by atoms with E-state index in [0.29, 0.717) is 54.3 Å². The average Bonchev–Trinajstić information content (AvgIpc) is 3.68. The normalized spacial score (nSPS) is 13.5. The van der Waals surface area contributed by atoms with Gasteiger partial charge in [-0.25, -0.2) is 14.4 Å². The molecule has 8 nitrogen and oxygen atoms in total. The number of nitrogens with one attached hydrogen (secondary N) is 2. The van der Waals surface area contributed by atoms with Gasteiger partial charge in [-0.1, -0.05) is 17.7 Å². The predicted octanol–water partition coefficient (Wildman–Crippen LogP) is 5.03. The summed E-state index contributed by atoms with van der Waals surface area (Å²) < 4.78 is 24.6. The minimum atomic E-state index is -0.498. The minimum Gasteiger partial charge on any atom is -0.491 e. The zero-order valence-electron chi connectivity index (χ0n) is 20.3. The molecule has 3 aromatic rings. The van der Waals surface area contributed by atoms with E-state index in [1.807, 2.05) is 7.05 Å². The summed E-state index contributed by atoms with van der Waals surface area (Å²) in [4.78, 5) is 23.5. The van der Waals surface area contributed by atoms with Crippen LogP contribution in [-0.2, 0) is 9.53 Å². The van der Waals surface area contributed by atoms with Gasteiger partial charge in [-0.3, -0.25) is 4.79 Å². The van der Waals surface area contributed by atoms with E-state index in [0.717, 1.165) is 24.8 Å². The molecule has 0 atom stereocenters. The Balaban J connectivity index is 1.50. The number of hydrogen-bond donors (Lipinski definition) is 2. The van der Waals surface area contributed by atoms with Crippen molar-refractivity contribution >= 4 is 45.7 Å². The molecule has 190 valence electrons. The van der Waals surface area contributed by atoms with E-state index in [9.17, 15) is 9.18 Å². The summed E-state index contributed by atoms with van der Waals surface area (Å²) in [5.74, 6) is 0.663. The molecule has 2 N–H and O–H groups in total. The Bertz CT molecular complexity index is 1250. The summed E-state index contributed by atoms with van der Waals surface area (Å²) in [6.45, 7) is 2.62. The van der Waals surface area contributed by atoms with Gasteiger partial charge in [0.05, 0.1) is 29.4 Å². The highest BCUT2D eigenvalue weighted by molar-refractivity contribution is 6.31. The van der Waals surface area contributed by atoms with E-state index in [4.69, 9.17) is 21.1 Å². The molecule has 1 aliphatic rings. The van der Waals surface area contributed by atoms with Gasteiger partial charge in [0.25, 0.3) is 0 Å². The fraction of sp³-hybridized carbons (Fsp3) is 0.346. The first kappa shape index (κ1) is 25.8. The van der Waals surface area contributed by atoms with Crippen molar-refractivity contribution < 1.29 is 18.7 Å². The topological polar surface area (TPSA) is 88.6 Å². The lowest BCUT2D eigenvalue weighted by Crippen LogP contribution is -2.23. The van der Waals surface area contributed by atoms with Crippen molar-refractivity contribution in [3.05, 3.63) is 59.5 Å². The average molecular weight is 514 g/mol. The van der Waals surface area contributed by atoms with Gasteiger partial charge in [0.15, 0.2) is 0 Å². The number of carbonyl (C=O) groups excluding carboxylic acids is 1. The molecule has 0 spiro atoms. The number of halogens is 2. The van der Waals surface area contributed by atoms with Crippen molar-refractivity contribution in [3.63, 3.8) is 0 Å². The number of ether oxygens (including phenoxy) is 2. The van der Waals surface area contributed by atoms with Crippen LogP contribution in [0.5, 0.6) is 5.75 Å². The maximum absolute atomic E-state index is 13.5. The molecule has 1 fully saturated rings. The maximum Gasteiger partial charge on any atom is 0.248 e. The lowest BCUT2D eigenvalue weighted by atomic mass is 10.2. The van der Waals surface area contributed by atoms with E-state index >= 15 is 0 Å². The number of anilines is 3. The number of methoxy groups -OCH3 is 1. The van der Waals surface area contributed by atoms with Crippen molar-refractivity contribution in [3.8, 4) is 5.75 Å². The molecule has 0 unspecified atom stereocenters. The lowest BCUT2D eigenvalue weighted by molar-refractivity contribution is -0.111. The van der Waals surface area contributed by atoms with Gasteiger partial charge in [0.1, 0.15) is 11.6 Å². The zero-order valence-corrected chi connectivity index (χ0v) is 21.0. The fourth-order valence-corrected chi connectivity index (χ4v) is 3.57. The predicted molar refractivity (Wildman–Crippen MR) is 140 cm³/mol. The van der Waals surface area contributed by atoms with Crippen LogP contribution in [0.1, 0.15) is 12.8 Å². The molecule has 1 saturated carbocycles. The Morgan fingerprint density at radius 1 is 1.31 bits per heavy atom. The van der Waals surface area contributed by atoms with Crippen molar-refractivity contribution in [2.24, 2.45) is 5.92 Å². The third kappa shape index (κ3) is 7.36. The van der Waals surface area contributed by atoms with Crippen LogP contribution in [0.15, 0.2) is 48.7 Å². The maximum atomic E-state index is 13.5. The molecule has 2 aromatic carbocycles. The smallest absolute Gasteiger partial charge is 0.248 e. The summed E-state index contributed by atoms with van der Waals surface area (Å²) >= 11 is 5.87. The minimum absolute atomic E-state index is 0.00704. The Morgan fingerprint density at radius 3 is 2.89 bits per heavy atom. The monoisotopic (exact) mass is 513 g/mol. The first-order valence-corrected chi connectivity index (χ1v) is 12.1. The Labute approximate surface area is 214 Å². The van der Waals surface area contributed by atoms with Crippen LogP contribution < -0.4 is 15.4 Å². The molecule has 0 aliphatic heterocycles. The van der Waals surface area contributed by atoms with Crippen LogP contribution in [0.25, 0.3) is 10.9 Å². The number of carbonyl (C=O) groups is 1. The first-order chi connectivity index (χ1) is 17.4. The number of fused-ring (bicyclic) bond motifs is 1. The molecule has 1 aromatic heterocycles. The molecular formula is C26H29ClFN5O3. The standard InChI is InChI=1S/C26H29ClFN5O3/c1-33(10-11-35-2)9-3-4-25(34)31-23-12-18-15-29-26(30-19-7-8-21(28)20(27)13-19)32-22(18)14-24(23)36-16-17-5-6-17/h3-4,7-8,12-15,17H,5-6,9-11,16H2,1-2H3,(H,31,34)(H,29,30,32). The van der Waals surface area contributed by atoms with Gasteiger partial charge in [-0.05, 0) is 50.1 Å². The van der Waals surface area contributed by atoms with Crippen LogP contribution in [0.2, 0.25) is 5.02 Å². The fourth-order valence-electron chi connectivity index (χ4n) is 3.38. The molecule has 0 saturated heterocycles. The Morgan fingerprint density at radius 2 is 2.14 bits per heavy atom. The van der Waals surface area contributed by atoms with Crippen LogP contribution >= 0.6 is 11.6 Å². The van der Waals surface area contributed by atoms with Crippen molar-refractivity contribution in [1.82, 2.24) is 14.9 Å². The van der Waals surface area contributed by atoms with E-state index < -0.39 is 5.82 Å². The quantitative estimate of drug-likeness (QED) is 0.328. The van der Waals surface area contributed by atoms with E-state index in [1.54, 1.807) is 37.6 Å². The molecule has 1 amide bonds. The van der Waals surface area contributed by atoms with Crippen molar-refractivity contribution in [2.45, 2.75) is 12.8 Å². The summed E-state index contributed by atoms with van der Waals surface area (Å²) in [5, 5.41) is 6.68. The zero-order chi connectivity index (χ0) is 25.5. The molecule has 10 heteroatoms. The van der Waals surface area contributed by atoms with Gasteiger partial charge < -0.3 is 25.0 Å². The molecule has 1 aliphatic carbocycles. The highest BCUT2D eigenvalue weighted by atomic mass is 35.5. The van der Waals surface area contributed by atoms with Gasteiger partial charge >= 0.3 is 0 Å². The lowest BCUT2D eigenvalue weighted by Gasteiger charge is -2.14. The molecule has 1 heterocycles. The van der Waals surface area contributed by atoms with Crippen molar-refractivity contribution in [2.75, 3.05) is 51.1 Å². The Hall–Kier alpha value is -3.27. The largest absolute Gasteiger partial charge is 0.491 e. The van der Waals surface area contributed by atoms with Gasteiger partial charge in [-0.15, -0.1) is 0 Å². The third-order valence-electron chi connectivity index (χ3n) is 5.65. The highest BCUT2D eigenvalue weighted by Crippen LogP contribution is 2.34. The van der Waals surface area contributed by atoms with Crippen LogP contribution in [-0.4, -0.2) is 61.2 Å². The van der Waals surface area contributed by atoms with E-state index in [2.05, 4.69) is 25.5 Å². The van der Waals surface area contributed by atoms with E-state index in [1.165, 1.54) is 18.2 Å². The number of hydrogen-bond acceptors (Lipinski definition) is 7. The van der Waals surface area contributed by atoms with Gasteiger partial charge in [0, 0.05) is 49.6 Å². The molecule has 0 radical (unpaired) electrons. The second kappa shape index (κ2) is 12.1. The number of benzene rings is 2. The number of rotatable bonds is 12. The summed E-state index contributed by atoms with van der Waals surface area (Å²) in [6, 6.07) is 7.89. The van der Waals surface area contributed by atoms with Gasteiger partial charge in [-0.2, -0.15) is 0 Å². The molecular weight excluding hydrogens is 485 g/mol. The highest BCUT2D eigenvalue weighted by Gasteiger charge is 2.23. The van der Waals surface area contributed by atoms with Crippen LogP contribution in [0, 0.1) is 11.7 Å². The third-order valence-corrected chi connectivity index (χ3v) is 5.94. The molecule has 0 bridgehead atoms. The van der Waals surface area contributed by atoms with Crippen LogP contribution in [0.4, 0.5) is 21.7 Å². The number of amides is 1. The number of aromatic nitrogens is 2. The van der Waals surface area contributed by atoms with E-state index in [-0.39, 0.29) is 10.9 Å². The molecule has 4 rings (SSSR count). The van der Waals surface area contributed by atoms with Crippen LogP contribution in [0.3, 0.4) is 0 Å². The Kier molecular flexibility index (Phi) is 8.69. The first-order valence-electron chi connectivity index (χ1n) is 11.7. The van der Waals surface area contributed by atoms with Gasteiger partial charge in [0.2, 0.25) is 11.9 Å². The molecule has 36 heavy (non-hydrogen) atoms. The summed E-state index contributed by atoms with van der Waals surface area (Å²) in [5.41, 5.74) is 1.76. The van der Waals surface area contributed by atoms with Crippen molar-refractivity contribution in [1.29, 1.82) is 0 Å². The SMILES string of the molecule is COCCN(C)CC=CC(=O)Nc1cc2cnc(Nc3ccc(F)c(Cl)c3)nc2cc1OCC1CC1. The second-order valence-electron chi connectivity index (χ2n) is 8.76. The summed E-state index contributed by atoms with van der Waals surface area (Å²) in [6.07, 6.45) is 7.25. The second-order valence-corrected chi connectivity index (χ2v) is 9.16. The summed E-state index contributed by atoms with van der Waals surface area (Å²) in [7, 11) is 3.62. The number of likely N-dealkylation sites (N-methyl/N-ethyl adjacent to an activating group) is 1.